The molecule has 1 saturated heterocycles. The summed E-state index contributed by atoms with van der Waals surface area (Å²) in [6, 6.07) is 7.35. The number of aromatic nitrogens is 5. The van der Waals surface area contributed by atoms with Crippen LogP contribution in [0.4, 0.5) is 4.39 Å². The molecular weight excluding hydrogens is 533 g/mol. The molecule has 0 unspecified atom stereocenters. The summed E-state index contributed by atoms with van der Waals surface area (Å²) in [4.78, 5) is 13.4. The Bertz CT molecular complexity index is 1800. The van der Waals surface area contributed by atoms with Gasteiger partial charge >= 0.3 is 0 Å². The quantitative estimate of drug-likeness (QED) is 0.140. The first-order chi connectivity index (χ1) is 20.0. The van der Waals surface area contributed by atoms with E-state index >= 15 is 0 Å². The molecule has 1 aliphatic rings. The molecule has 0 bridgehead atoms. The average Bonchev–Trinajstić information content (AvgIpc) is 3.73. The molecule has 5 aromatic heterocycles. The Morgan fingerprint density at radius 2 is 2.00 bits per heavy atom. The van der Waals surface area contributed by atoms with E-state index in [-0.39, 0.29) is 5.13 Å². The van der Waals surface area contributed by atoms with Crippen LogP contribution < -0.4 is 10.6 Å². The van der Waals surface area contributed by atoms with Crippen LogP contribution in [0.2, 0.25) is 0 Å². The third-order valence-electron chi connectivity index (χ3n) is 7.54. The minimum Gasteiger partial charge on any atom is -0.359 e. The van der Waals surface area contributed by atoms with Crippen LogP contribution in [-0.4, -0.2) is 38.2 Å². The highest BCUT2D eigenvalue weighted by Gasteiger charge is 2.17. The predicted molar refractivity (Wildman–Crippen MR) is 167 cm³/mol. The fourth-order valence-electron chi connectivity index (χ4n) is 5.42. The second-order valence-electron chi connectivity index (χ2n) is 10.3. The number of nitrogens with zero attached hydrogens (tertiary/aromatic N) is 3. The number of pyridine rings is 2. The van der Waals surface area contributed by atoms with Gasteiger partial charge in [-0.3, -0.25) is 15.1 Å². The standard InChI is InChI=1S/C32H32FN7S/c1-4-21(13-22(5-2)37-19(3)12-20-8-10-34-11-9-20)26-15-24-29(18-36-26)39-40-32(24)27-14-23-25(16-35-17-28(23)38-27)30-6-7-31(33)41-30/h4-7,13-18,20,34,37-38H,2-3,8-12H2,1H3,(H,39,40)/b21-4+,22-13+. The lowest BCUT2D eigenvalue weighted by Crippen LogP contribution is -2.28. The molecule has 4 N–H and O–H groups in total. The number of rotatable bonds is 9. The summed E-state index contributed by atoms with van der Waals surface area (Å²) in [6.45, 7) is 12.4. The normalized spacial score (nSPS) is 15.1. The first-order valence-electron chi connectivity index (χ1n) is 13.8. The molecule has 0 radical (unpaired) electrons. The van der Waals surface area contributed by atoms with Gasteiger partial charge in [0.25, 0.3) is 0 Å². The van der Waals surface area contributed by atoms with E-state index in [1.165, 1.54) is 18.9 Å². The lowest BCUT2D eigenvalue weighted by Gasteiger charge is -2.24. The Morgan fingerprint density at radius 3 is 2.76 bits per heavy atom. The van der Waals surface area contributed by atoms with E-state index in [0.29, 0.717) is 5.92 Å². The predicted octanol–water partition coefficient (Wildman–Crippen LogP) is 7.34. The van der Waals surface area contributed by atoms with E-state index in [2.05, 4.69) is 50.0 Å². The largest absolute Gasteiger partial charge is 0.359 e. The highest BCUT2D eigenvalue weighted by molar-refractivity contribution is 7.14. The number of piperidine rings is 1. The average molecular weight is 566 g/mol. The Kier molecular flexibility index (Phi) is 7.63. The molecule has 6 heterocycles. The van der Waals surface area contributed by atoms with E-state index in [4.69, 9.17) is 4.98 Å². The molecule has 208 valence electrons. The first kappa shape index (κ1) is 26.9. The Balaban J connectivity index is 1.29. The Morgan fingerprint density at radius 1 is 1.15 bits per heavy atom. The zero-order valence-electron chi connectivity index (χ0n) is 22.9. The van der Waals surface area contributed by atoms with Crippen LogP contribution in [0.1, 0.15) is 31.9 Å². The van der Waals surface area contributed by atoms with Crippen LogP contribution in [0.25, 0.3) is 49.2 Å². The van der Waals surface area contributed by atoms with Crippen LogP contribution in [-0.2, 0) is 0 Å². The summed E-state index contributed by atoms with van der Waals surface area (Å²) in [5, 5.41) is 16.3. The summed E-state index contributed by atoms with van der Waals surface area (Å²) < 4.78 is 13.8. The lowest BCUT2D eigenvalue weighted by molar-refractivity contribution is 0.368. The zero-order chi connectivity index (χ0) is 28.3. The molecule has 1 fully saturated rings. The van der Waals surface area contributed by atoms with Gasteiger partial charge in [0.05, 0.1) is 34.8 Å². The molecule has 0 saturated carbocycles. The summed E-state index contributed by atoms with van der Waals surface area (Å²) in [7, 11) is 0. The maximum absolute atomic E-state index is 13.8. The number of hydrogen-bond donors (Lipinski definition) is 4. The first-order valence-corrected chi connectivity index (χ1v) is 14.6. The van der Waals surface area contributed by atoms with Crippen molar-refractivity contribution >= 4 is 38.7 Å². The van der Waals surface area contributed by atoms with E-state index in [0.717, 1.165) is 97.1 Å². The fourth-order valence-corrected chi connectivity index (χ4v) is 6.18. The molecule has 0 aliphatic carbocycles. The molecule has 0 amide bonds. The number of hydrogen-bond acceptors (Lipinski definition) is 6. The number of thiophene rings is 1. The highest BCUT2D eigenvalue weighted by Crippen LogP contribution is 2.36. The summed E-state index contributed by atoms with van der Waals surface area (Å²) in [5.41, 5.74) is 7.85. The second kappa shape index (κ2) is 11.6. The van der Waals surface area contributed by atoms with Crippen molar-refractivity contribution in [1.29, 1.82) is 0 Å². The summed E-state index contributed by atoms with van der Waals surface area (Å²) in [6.07, 6.45) is 14.5. The minimum absolute atomic E-state index is 0.221. The third-order valence-corrected chi connectivity index (χ3v) is 8.45. The third kappa shape index (κ3) is 5.64. The molecule has 9 heteroatoms. The monoisotopic (exact) mass is 565 g/mol. The van der Waals surface area contributed by atoms with E-state index < -0.39 is 0 Å². The molecular formula is C32H32FN7S. The molecule has 5 aromatic rings. The summed E-state index contributed by atoms with van der Waals surface area (Å²) in [5.74, 6) is 0.648. The van der Waals surface area contributed by atoms with Crippen molar-refractivity contribution in [2.75, 3.05) is 13.1 Å². The van der Waals surface area contributed by atoms with Crippen molar-refractivity contribution in [1.82, 2.24) is 35.8 Å². The SMILES string of the molecule is C=C/C(=C\C(=C/C)c1cc2c(-c3cc4c(-c5ccc(F)s5)cncc4[nH]3)n[nH]c2cn1)NC(=C)CC1CCNCC1. The van der Waals surface area contributed by atoms with E-state index in [1.54, 1.807) is 24.7 Å². The van der Waals surface area contributed by atoms with Gasteiger partial charge in [0.2, 0.25) is 0 Å². The van der Waals surface area contributed by atoms with E-state index in [9.17, 15) is 4.39 Å². The fraction of sp³-hybridized carbons (Fsp3) is 0.219. The van der Waals surface area contributed by atoms with Gasteiger partial charge in [0, 0.05) is 38.8 Å². The van der Waals surface area contributed by atoms with Gasteiger partial charge in [-0.05, 0) is 87.2 Å². The van der Waals surface area contributed by atoms with Crippen molar-refractivity contribution in [3.63, 3.8) is 0 Å². The van der Waals surface area contributed by atoms with Gasteiger partial charge in [-0.25, -0.2) is 0 Å². The number of halogens is 1. The van der Waals surface area contributed by atoms with Gasteiger partial charge < -0.3 is 15.6 Å². The molecule has 7 nitrogen and oxygen atoms in total. The van der Waals surface area contributed by atoms with Crippen molar-refractivity contribution in [2.45, 2.75) is 26.2 Å². The molecule has 0 aromatic carbocycles. The number of aromatic amines is 2. The minimum atomic E-state index is -0.221. The number of nitrogens with one attached hydrogen (secondary N) is 4. The molecule has 1 aliphatic heterocycles. The maximum atomic E-state index is 13.8. The molecule has 6 rings (SSSR count). The second-order valence-corrected chi connectivity index (χ2v) is 11.3. The van der Waals surface area contributed by atoms with Crippen molar-refractivity contribution in [3.05, 3.63) is 96.5 Å². The molecule has 0 atom stereocenters. The van der Waals surface area contributed by atoms with Crippen molar-refractivity contribution in [3.8, 4) is 21.8 Å². The number of H-pyrrole nitrogens is 2. The number of fused-ring (bicyclic) bond motifs is 2. The van der Waals surface area contributed by atoms with Crippen LogP contribution >= 0.6 is 11.3 Å². The topological polar surface area (TPSA) is 94.3 Å². The Hall–Kier alpha value is -4.34. The van der Waals surface area contributed by atoms with Crippen LogP contribution in [0.3, 0.4) is 0 Å². The van der Waals surface area contributed by atoms with Crippen LogP contribution in [0.15, 0.2) is 85.6 Å². The van der Waals surface area contributed by atoms with Gasteiger partial charge in [-0.15, -0.1) is 11.3 Å². The van der Waals surface area contributed by atoms with Crippen molar-refractivity contribution < 1.29 is 4.39 Å². The zero-order valence-corrected chi connectivity index (χ0v) is 23.7. The Labute approximate surface area is 242 Å². The maximum Gasteiger partial charge on any atom is 0.176 e. The molecule has 41 heavy (non-hydrogen) atoms. The highest BCUT2D eigenvalue weighted by atomic mass is 32.1. The van der Waals surface area contributed by atoms with Crippen LogP contribution in [0, 0.1) is 11.0 Å². The summed E-state index contributed by atoms with van der Waals surface area (Å²) >= 11 is 1.11. The van der Waals surface area contributed by atoms with Gasteiger partial charge in [-0.2, -0.15) is 9.49 Å². The lowest BCUT2D eigenvalue weighted by atomic mass is 9.93. The van der Waals surface area contributed by atoms with Gasteiger partial charge in [0.15, 0.2) is 5.13 Å². The van der Waals surface area contributed by atoms with Crippen molar-refractivity contribution in [2.24, 2.45) is 5.92 Å². The van der Waals surface area contributed by atoms with Crippen LogP contribution in [0.5, 0.6) is 0 Å². The molecule has 0 spiro atoms. The smallest absolute Gasteiger partial charge is 0.176 e. The number of allylic oxidation sites excluding steroid dienone is 5. The van der Waals surface area contributed by atoms with Gasteiger partial charge in [-0.1, -0.05) is 19.2 Å². The van der Waals surface area contributed by atoms with E-state index in [1.807, 2.05) is 31.2 Å². The van der Waals surface area contributed by atoms with Gasteiger partial charge in [0.1, 0.15) is 5.69 Å².